The van der Waals surface area contributed by atoms with Gasteiger partial charge in [-0.1, -0.05) is 74.2 Å². The van der Waals surface area contributed by atoms with E-state index >= 15 is 0 Å². The first-order chi connectivity index (χ1) is 15.9. The number of rotatable bonds is 8. The minimum absolute atomic E-state index is 0.0326. The maximum Gasteiger partial charge on any atom is 0.328 e. The maximum absolute atomic E-state index is 11.8. The lowest BCUT2D eigenvalue weighted by Crippen LogP contribution is -2.26. The number of nitrogens with one attached hydrogen (secondary N) is 1. The van der Waals surface area contributed by atoms with E-state index in [1.165, 1.54) is 0 Å². The number of carboxylic acid groups (broad SMARTS) is 1. The summed E-state index contributed by atoms with van der Waals surface area (Å²) < 4.78 is 0. The van der Waals surface area contributed by atoms with Gasteiger partial charge < -0.3 is 10.4 Å². The van der Waals surface area contributed by atoms with Crippen LogP contribution in [0.25, 0.3) is 17.2 Å². The van der Waals surface area contributed by atoms with E-state index in [2.05, 4.69) is 31.0 Å². The summed E-state index contributed by atoms with van der Waals surface area (Å²) in [5, 5.41) is 11.8. The highest BCUT2D eigenvalue weighted by Gasteiger charge is 2.15. The van der Waals surface area contributed by atoms with Gasteiger partial charge in [-0.25, -0.2) is 4.79 Å². The topological polar surface area (TPSA) is 66.4 Å². The van der Waals surface area contributed by atoms with E-state index in [0.717, 1.165) is 63.6 Å². The molecule has 0 spiro atoms. The Kier molecular flexibility index (Phi) is 7.98. The van der Waals surface area contributed by atoms with Crippen LogP contribution in [0.1, 0.15) is 49.8 Å². The average Bonchev–Trinajstić information content (AvgIpc) is 2.82. The van der Waals surface area contributed by atoms with Gasteiger partial charge in [-0.15, -0.1) is 0 Å². The zero-order chi connectivity index (χ0) is 23.8. The zero-order valence-electron chi connectivity index (χ0n) is 19.1. The Morgan fingerprint density at radius 1 is 1.00 bits per heavy atom. The SMILES string of the molecule is C=C(/C=C\C1=C(C)CCC(=O)N1)/C(=C(\CC)c1ccccc1)c1ccc(/C=C/C(=O)O)cc1. The molecule has 2 aromatic rings. The first-order valence-electron chi connectivity index (χ1n) is 11.1. The van der Waals surface area contributed by atoms with Gasteiger partial charge in [0.1, 0.15) is 0 Å². The Morgan fingerprint density at radius 2 is 1.70 bits per heavy atom. The van der Waals surface area contributed by atoms with Crippen molar-refractivity contribution < 1.29 is 14.7 Å². The fourth-order valence-electron chi connectivity index (χ4n) is 3.85. The van der Waals surface area contributed by atoms with E-state index < -0.39 is 5.97 Å². The molecule has 33 heavy (non-hydrogen) atoms. The summed E-state index contributed by atoms with van der Waals surface area (Å²) >= 11 is 0. The van der Waals surface area contributed by atoms with Crippen molar-refractivity contribution in [3.05, 3.63) is 113 Å². The minimum atomic E-state index is -0.977. The first-order valence-corrected chi connectivity index (χ1v) is 11.1. The van der Waals surface area contributed by atoms with Crippen molar-refractivity contribution in [2.24, 2.45) is 0 Å². The van der Waals surface area contributed by atoms with Gasteiger partial charge >= 0.3 is 5.97 Å². The molecule has 0 bridgehead atoms. The molecule has 1 aliphatic rings. The van der Waals surface area contributed by atoms with Gasteiger partial charge in [-0.05, 0) is 70.9 Å². The number of amides is 1. The van der Waals surface area contributed by atoms with Crippen LogP contribution in [0, 0.1) is 0 Å². The summed E-state index contributed by atoms with van der Waals surface area (Å²) in [6, 6.07) is 18.0. The molecule has 4 nitrogen and oxygen atoms in total. The number of carbonyl (C=O) groups is 2. The van der Waals surface area contributed by atoms with Crippen LogP contribution >= 0.6 is 0 Å². The van der Waals surface area contributed by atoms with Crippen molar-refractivity contribution >= 4 is 29.1 Å². The average molecular weight is 440 g/mol. The summed E-state index contributed by atoms with van der Waals surface area (Å²) in [5.41, 5.74) is 7.94. The summed E-state index contributed by atoms with van der Waals surface area (Å²) in [5.74, 6) is -0.944. The molecule has 0 unspecified atom stereocenters. The number of carbonyl (C=O) groups excluding carboxylic acids is 1. The third-order valence-electron chi connectivity index (χ3n) is 5.63. The van der Waals surface area contributed by atoms with E-state index in [1.54, 1.807) is 6.08 Å². The Balaban J connectivity index is 2.05. The minimum Gasteiger partial charge on any atom is -0.478 e. The quantitative estimate of drug-likeness (QED) is 0.284. The first kappa shape index (κ1) is 23.7. The molecule has 0 saturated heterocycles. The van der Waals surface area contributed by atoms with Gasteiger partial charge in [-0.2, -0.15) is 0 Å². The van der Waals surface area contributed by atoms with Gasteiger partial charge in [0.25, 0.3) is 0 Å². The van der Waals surface area contributed by atoms with Crippen LogP contribution < -0.4 is 5.32 Å². The van der Waals surface area contributed by atoms with Gasteiger partial charge in [0.15, 0.2) is 0 Å². The standard InChI is InChI=1S/C29H29NO3/c1-4-25(23-8-6-5-7-9-23)29(24-15-12-22(13-16-24)14-19-28(32)33)21(3)10-17-26-20(2)11-18-27(31)30-26/h5-10,12-17,19H,3-4,11,18H2,1-2H3,(H,30,31)(H,32,33)/b17-10-,19-14+,29-25-. The normalized spacial score (nSPS) is 15.0. The van der Waals surface area contributed by atoms with E-state index in [9.17, 15) is 9.59 Å². The predicted molar refractivity (Wildman–Crippen MR) is 135 cm³/mol. The second-order valence-corrected chi connectivity index (χ2v) is 7.97. The smallest absolute Gasteiger partial charge is 0.328 e. The molecule has 1 amide bonds. The summed E-state index contributed by atoms with van der Waals surface area (Å²) in [6.07, 6.45) is 8.67. The maximum atomic E-state index is 11.8. The third-order valence-corrected chi connectivity index (χ3v) is 5.63. The largest absolute Gasteiger partial charge is 0.478 e. The number of aliphatic carboxylic acids is 1. The van der Waals surface area contributed by atoms with Crippen molar-refractivity contribution in [2.75, 3.05) is 0 Å². The van der Waals surface area contributed by atoms with Crippen LogP contribution in [-0.2, 0) is 9.59 Å². The van der Waals surface area contributed by atoms with Crippen LogP contribution in [-0.4, -0.2) is 17.0 Å². The summed E-state index contributed by atoms with van der Waals surface area (Å²) in [4.78, 5) is 22.7. The molecule has 0 aromatic heterocycles. The predicted octanol–water partition coefficient (Wildman–Crippen LogP) is 6.40. The Hall–Kier alpha value is -3.92. The van der Waals surface area contributed by atoms with Crippen molar-refractivity contribution in [3.8, 4) is 0 Å². The highest BCUT2D eigenvalue weighted by molar-refractivity contribution is 5.99. The lowest BCUT2D eigenvalue weighted by atomic mass is 9.88. The fraction of sp³-hybridized carbons (Fsp3) is 0.172. The van der Waals surface area contributed by atoms with Crippen LogP contribution in [0.5, 0.6) is 0 Å². The van der Waals surface area contributed by atoms with Crippen molar-refractivity contribution in [2.45, 2.75) is 33.1 Å². The molecule has 3 rings (SSSR count). The van der Waals surface area contributed by atoms with Gasteiger partial charge in [0, 0.05) is 18.2 Å². The van der Waals surface area contributed by atoms with Crippen molar-refractivity contribution in [1.82, 2.24) is 5.32 Å². The monoisotopic (exact) mass is 439 g/mol. The molecule has 0 aliphatic carbocycles. The van der Waals surface area contributed by atoms with Crippen LogP contribution in [0.2, 0.25) is 0 Å². The molecule has 0 fully saturated rings. The lowest BCUT2D eigenvalue weighted by molar-refractivity contribution is -0.131. The molecule has 2 aromatic carbocycles. The number of allylic oxidation sites excluding steroid dienone is 6. The molecule has 1 heterocycles. The third kappa shape index (κ3) is 6.30. The fourth-order valence-corrected chi connectivity index (χ4v) is 3.85. The molecule has 2 N–H and O–H groups in total. The molecular formula is C29H29NO3. The van der Waals surface area contributed by atoms with Gasteiger partial charge in [0.2, 0.25) is 5.91 Å². The van der Waals surface area contributed by atoms with Crippen LogP contribution in [0.15, 0.2) is 96.2 Å². The summed E-state index contributed by atoms with van der Waals surface area (Å²) in [6.45, 7) is 8.52. The van der Waals surface area contributed by atoms with Crippen molar-refractivity contribution in [1.29, 1.82) is 0 Å². The van der Waals surface area contributed by atoms with E-state index in [0.29, 0.717) is 6.42 Å². The number of benzene rings is 2. The molecule has 168 valence electrons. The second-order valence-electron chi connectivity index (χ2n) is 7.97. The van der Waals surface area contributed by atoms with E-state index in [1.807, 2.05) is 61.5 Å². The molecule has 1 aliphatic heterocycles. The number of hydrogen-bond acceptors (Lipinski definition) is 2. The lowest BCUT2D eigenvalue weighted by Gasteiger charge is -2.18. The molecule has 0 saturated carbocycles. The number of carboxylic acids is 1. The molecule has 4 heteroatoms. The van der Waals surface area contributed by atoms with E-state index in [-0.39, 0.29) is 5.91 Å². The van der Waals surface area contributed by atoms with Crippen LogP contribution in [0.4, 0.5) is 0 Å². The van der Waals surface area contributed by atoms with Gasteiger partial charge in [-0.3, -0.25) is 4.79 Å². The molecule has 0 radical (unpaired) electrons. The summed E-state index contributed by atoms with van der Waals surface area (Å²) in [7, 11) is 0. The zero-order valence-corrected chi connectivity index (χ0v) is 19.1. The Morgan fingerprint density at radius 3 is 2.33 bits per heavy atom. The van der Waals surface area contributed by atoms with Crippen molar-refractivity contribution in [3.63, 3.8) is 0 Å². The Bertz CT molecular complexity index is 1160. The Labute approximate surface area is 195 Å². The highest BCUT2D eigenvalue weighted by atomic mass is 16.4. The molecule has 0 atom stereocenters. The number of hydrogen-bond donors (Lipinski definition) is 2. The highest BCUT2D eigenvalue weighted by Crippen LogP contribution is 2.34. The van der Waals surface area contributed by atoms with Crippen LogP contribution in [0.3, 0.4) is 0 Å². The second kappa shape index (κ2) is 11.1. The van der Waals surface area contributed by atoms with Gasteiger partial charge in [0.05, 0.1) is 0 Å². The van der Waals surface area contributed by atoms with E-state index in [4.69, 9.17) is 5.11 Å². The molecular weight excluding hydrogens is 410 g/mol.